The van der Waals surface area contributed by atoms with Gasteiger partial charge in [-0.1, -0.05) is 36.4 Å². The van der Waals surface area contributed by atoms with Crippen molar-refractivity contribution in [1.29, 1.82) is 0 Å². The summed E-state index contributed by atoms with van der Waals surface area (Å²) in [5.41, 5.74) is 1.05. The second-order valence-corrected chi connectivity index (χ2v) is 5.67. The molecule has 0 N–H and O–H groups in total. The van der Waals surface area contributed by atoms with Crippen LogP contribution in [0.2, 0.25) is 0 Å². The molecule has 76 valence electrons. The fraction of sp³-hybridized carbons (Fsp3) is 0.0833. The van der Waals surface area contributed by atoms with Crippen molar-refractivity contribution in [3.8, 4) is 0 Å². The first-order chi connectivity index (χ1) is 7.34. The molecule has 0 aromatic heterocycles. The zero-order valence-electron chi connectivity index (χ0n) is 8.05. The van der Waals surface area contributed by atoms with E-state index >= 15 is 0 Å². The summed E-state index contributed by atoms with van der Waals surface area (Å²) in [6.45, 7) is 0. The summed E-state index contributed by atoms with van der Waals surface area (Å²) in [6.07, 6.45) is 5.15. The molecule has 1 saturated heterocycles. The topological polar surface area (TPSA) is 17.1 Å². The van der Waals surface area contributed by atoms with Gasteiger partial charge in [-0.05, 0) is 11.6 Å². The predicted octanol–water partition coefficient (Wildman–Crippen LogP) is 3.55. The molecule has 1 aromatic carbocycles. The third-order valence-corrected chi connectivity index (χ3v) is 4.36. The zero-order chi connectivity index (χ0) is 10.5. The number of thioether (sulfide) groups is 2. The molecule has 2 rings (SSSR count). The molecule has 0 saturated carbocycles. The van der Waals surface area contributed by atoms with Crippen LogP contribution in [0, 0.1) is 0 Å². The highest BCUT2D eigenvalue weighted by atomic mass is 32.3. The van der Waals surface area contributed by atoms with Gasteiger partial charge >= 0.3 is 0 Å². The van der Waals surface area contributed by atoms with E-state index in [1.54, 1.807) is 35.7 Å². The van der Waals surface area contributed by atoms with Crippen molar-refractivity contribution in [2.75, 3.05) is 5.08 Å². The summed E-state index contributed by atoms with van der Waals surface area (Å²) in [7, 11) is 0. The SMILES string of the molecule is O=C(C=C1SCS1)/C=C/c1ccccc1. The Hall–Kier alpha value is -0.930. The number of hydrogen-bond donors (Lipinski definition) is 0. The third kappa shape index (κ3) is 3.29. The van der Waals surface area contributed by atoms with Gasteiger partial charge in [-0.15, -0.1) is 23.5 Å². The molecule has 0 radical (unpaired) electrons. The molecule has 0 aliphatic carbocycles. The largest absolute Gasteiger partial charge is 0.290 e. The van der Waals surface area contributed by atoms with Crippen molar-refractivity contribution in [1.82, 2.24) is 0 Å². The predicted molar refractivity (Wildman–Crippen MR) is 68.6 cm³/mol. The standard InChI is InChI=1S/C12H10OS2/c13-11(8-12-14-9-15-12)7-6-10-4-2-1-3-5-10/h1-8H,9H2/b7-6+. The first-order valence-electron chi connectivity index (χ1n) is 4.59. The number of carbonyl (C=O) groups is 1. The summed E-state index contributed by atoms with van der Waals surface area (Å²) in [5.74, 6) is 0.0635. The maximum atomic E-state index is 11.4. The molecule has 1 aliphatic heterocycles. The van der Waals surface area contributed by atoms with Crippen LogP contribution in [-0.4, -0.2) is 10.9 Å². The maximum absolute atomic E-state index is 11.4. The Kier molecular flexibility index (Phi) is 3.69. The Morgan fingerprint density at radius 1 is 1.20 bits per heavy atom. The molecule has 0 amide bonds. The number of hydrogen-bond acceptors (Lipinski definition) is 3. The number of ketones is 1. The second kappa shape index (κ2) is 5.24. The average molecular weight is 234 g/mol. The number of carbonyl (C=O) groups excluding carboxylic acids is 1. The van der Waals surface area contributed by atoms with Gasteiger partial charge in [-0.3, -0.25) is 4.79 Å². The molecule has 15 heavy (non-hydrogen) atoms. The Morgan fingerprint density at radius 3 is 2.53 bits per heavy atom. The summed E-state index contributed by atoms with van der Waals surface area (Å²) >= 11 is 3.45. The Labute approximate surface area is 97.6 Å². The van der Waals surface area contributed by atoms with E-state index in [9.17, 15) is 4.79 Å². The fourth-order valence-corrected chi connectivity index (χ4v) is 2.53. The van der Waals surface area contributed by atoms with Crippen molar-refractivity contribution in [3.63, 3.8) is 0 Å². The molecule has 1 heterocycles. The van der Waals surface area contributed by atoms with Crippen LogP contribution < -0.4 is 0 Å². The molecular weight excluding hydrogens is 224 g/mol. The highest BCUT2D eigenvalue weighted by Crippen LogP contribution is 2.42. The van der Waals surface area contributed by atoms with Crippen molar-refractivity contribution >= 4 is 35.4 Å². The van der Waals surface area contributed by atoms with Crippen LogP contribution in [0.1, 0.15) is 5.56 Å². The minimum atomic E-state index is 0.0635. The Balaban J connectivity index is 1.96. The highest BCUT2D eigenvalue weighted by Gasteiger charge is 2.10. The first kappa shape index (κ1) is 10.6. The lowest BCUT2D eigenvalue weighted by Gasteiger charge is -2.12. The molecule has 1 fully saturated rings. The number of allylic oxidation sites excluding steroid dienone is 2. The molecule has 0 bridgehead atoms. The number of benzene rings is 1. The molecule has 0 spiro atoms. The van der Waals surface area contributed by atoms with Crippen molar-refractivity contribution < 1.29 is 4.79 Å². The van der Waals surface area contributed by atoms with Crippen LogP contribution in [0.15, 0.2) is 46.7 Å². The van der Waals surface area contributed by atoms with Gasteiger partial charge in [-0.25, -0.2) is 0 Å². The third-order valence-electron chi connectivity index (χ3n) is 1.90. The smallest absolute Gasteiger partial charge is 0.180 e. The van der Waals surface area contributed by atoms with E-state index in [-0.39, 0.29) is 5.78 Å². The van der Waals surface area contributed by atoms with Gasteiger partial charge in [0.15, 0.2) is 5.78 Å². The molecule has 1 nitrogen and oxygen atoms in total. The minimum absolute atomic E-state index is 0.0635. The maximum Gasteiger partial charge on any atom is 0.180 e. The van der Waals surface area contributed by atoms with Gasteiger partial charge in [0.2, 0.25) is 0 Å². The van der Waals surface area contributed by atoms with Crippen LogP contribution in [0.25, 0.3) is 6.08 Å². The van der Waals surface area contributed by atoms with E-state index in [1.165, 1.54) is 0 Å². The summed E-state index contributed by atoms with van der Waals surface area (Å²) in [5, 5.41) is 1.07. The lowest BCUT2D eigenvalue weighted by molar-refractivity contribution is -0.110. The molecule has 3 heteroatoms. The van der Waals surface area contributed by atoms with Gasteiger partial charge in [0.05, 0.1) is 0 Å². The lowest BCUT2D eigenvalue weighted by Crippen LogP contribution is -1.92. The monoisotopic (exact) mass is 234 g/mol. The first-order valence-corrected chi connectivity index (χ1v) is 6.56. The molecular formula is C12H10OS2. The second-order valence-electron chi connectivity index (χ2n) is 3.02. The van der Waals surface area contributed by atoms with Crippen molar-refractivity contribution in [2.24, 2.45) is 0 Å². The zero-order valence-corrected chi connectivity index (χ0v) is 9.68. The molecule has 1 aliphatic rings. The lowest BCUT2D eigenvalue weighted by atomic mass is 10.2. The van der Waals surface area contributed by atoms with Crippen LogP contribution in [0.3, 0.4) is 0 Å². The summed E-state index contributed by atoms with van der Waals surface area (Å²) < 4.78 is 1.12. The van der Waals surface area contributed by atoms with E-state index in [2.05, 4.69) is 0 Å². The van der Waals surface area contributed by atoms with Gasteiger partial charge in [0.25, 0.3) is 0 Å². The molecule has 0 atom stereocenters. The quantitative estimate of drug-likeness (QED) is 0.745. The van der Waals surface area contributed by atoms with E-state index in [0.29, 0.717) is 0 Å². The van der Waals surface area contributed by atoms with E-state index in [0.717, 1.165) is 14.9 Å². The highest BCUT2D eigenvalue weighted by molar-refractivity contribution is 8.37. The average Bonchev–Trinajstić information content (AvgIpc) is 2.22. The van der Waals surface area contributed by atoms with Crippen LogP contribution in [0.5, 0.6) is 0 Å². The van der Waals surface area contributed by atoms with E-state index in [4.69, 9.17) is 0 Å². The van der Waals surface area contributed by atoms with Gasteiger partial charge in [0.1, 0.15) is 0 Å². The van der Waals surface area contributed by atoms with Crippen LogP contribution >= 0.6 is 23.5 Å². The normalized spacial score (nSPS) is 15.1. The minimum Gasteiger partial charge on any atom is -0.290 e. The van der Waals surface area contributed by atoms with Crippen LogP contribution in [0.4, 0.5) is 0 Å². The van der Waals surface area contributed by atoms with E-state index < -0.39 is 0 Å². The Bertz CT molecular complexity index is 401. The molecule has 1 aromatic rings. The number of rotatable bonds is 3. The van der Waals surface area contributed by atoms with Crippen molar-refractivity contribution in [2.45, 2.75) is 0 Å². The van der Waals surface area contributed by atoms with Gasteiger partial charge in [0, 0.05) is 15.4 Å². The molecule has 0 unspecified atom stereocenters. The van der Waals surface area contributed by atoms with Crippen LogP contribution in [-0.2, 0) is 4.79 Å². The van der Waals surface area contributed by atoms with Crippen molar-refractivity contribution in [3.05, 3.63) is 52.3 Å². The Morgan fingerprint density at radius 2 is 1.93 bits per heavy atom. The fourth-order valence-electron chi connectivity index (χ4n) is 1.12. The van der Waals surface area contributed by atoms with Gasteiger partial charge < -0.3 is 0 Å². The van der Waals surface area contributed by atoms with Gasteiger partial charge in [-0.2, -0.15) is 0 Å². The van der Waals surface area contributed by atoms with E-state index in [1.807, 2.05) is 36.4 Å². The summed E-state index contributed by atoms with van der Waals surface area (Å²) in [4.78, 5) is 11.4. The summed E-state index contributed by atoms with van der Waals surface area (Å²) in [6, 6.07) is 9.83.